The fourth-order valence-electron chi connectivity index (χ4n) is 0.734. The number of carbonyl (C=O) groups excluding carboxylic acids is 1. The van der Waals surface area contributed by atoms with E-state index < -0.39 is 12.1 Å². The quantitative estimate of drug-likeness (QED) is 0.578. The lowest BCUT2D eigenvalue weighted by molar-refractivity contribution is -0.149. The Hall–Kier alpha value is -0.600. The monoisotopic (exact) mass is 162 g/mol. The molecule has 1 unspecified atom stereocenters. The van der Waals surface area contributed by atoms with Crippen LogP contribution in [-0.4, -0.2) is 18.7 Å². The summed E-state index contributed by atoms with van der Waals surface area (Å²) in [5.41, 5.74) is 0. The minimum Gasteiger partial charge on any atom is -0.464 e. The zero-order valence-corrected chi connectivity index (χ0v) is 7.10. The third kappa shape index (κ3) is 4.76. The fraction of sp³-hybridized carbons (Fsp3) is 0.875. The normalized spacial score (nSPS) is 12.6. The summed E-state index contributed by atoms with van der Waals surface area (Å²) in [4.78, 5) is 10.7. The molecule has 0 aromatic heterocycles. The highest BCUT2D eigenvalue weighted by atomic mass is 19.1. The number of hydrogen-bond acceptors (Lipinski definition) is 2. The number of halogens is 1. The first-order valence-electron chi connectivity index (χ1n) is 4.03. The molecule has 0 aliphatic rings. The standard InChI is InChI=1S/C8H15FO2/c1-3-5-6-7(9)8(10)11-4-2/h7H,3-6H2,1-2H3. The summed E-state index contributed by atoms with van der Waals surface area (Å²) in [7, 11) is 0. The van der Waals surface area contributed by atoms with Crippen molar-refractivity contribution >= 4 is 5.97 Å². The summed E-state index contributed by atoms with van der Waals surface area (Å²) < 4.78 is 17.2. The first-order chi connectivity index (χ1) is 5.22. The van der Waals surface area contributed by atoms with Crippen LogP contribution in [0.2, 0.25) is 0 Å². The molecular weight excluding hydrogens is 147 g/mol. The molecule has 0 amide bonds. The molecule has 0 saturated heterocycles. The lowest BCUT2D eigenvalue weighted by atomic mass is 10.2. The van der Waals surface area contributed by atoms with E-state index in [-0.39, 0.29) is 13.0 Å². The van der Waals surface area contributed by atoms with Gasteiger partial charge in [0.1, 0.15) is 0 Å². The Bertz CT molecular complexity index is 115. The average Bonchev–Trinajstić information content (AvgIpc) is 2.00. The van der Waals surface area contributed by atoms with Crippen LogP contribution in [0.5, 0.6) is 0 Å². The maximum absolute atomic E-state index is 12.7. The van der Waals surface area contributed by atoms with Gasteiger partial charge < -0.3 is 4.74 Å². The van der Waals surface area contributed by atoms with Gasteiger partial charge in [-0.15, -0.1) is 0 Å². The highest BCUT2D eigenvalue weighted by Gasteiger charge is 2.16. The summed E-state index contributed by atoms with van der Waals surface area (Å²) in [6.07, 6.45) is 0.504. The molecule has 0 bridgehead atoms. The number of ether oxygens (including phenoxy) is 1. The fourth-order valence-corrected chi connectivity index (χ4v) is 0.734. The zero-order valence-electron chi connectivity index (χ0n) is 7.10. The summed E-state index contributed by atoms with van der Waals surface area (Å²) in [5.74, 6) is -0.721. The van der Waals surface area contributed by atoms with Crippen molar-refractivity contribution in [2.45, 2.75) is 39.3 Å². The van der Waals surface area contributed by atoms with Crippen LogP contribution in [0.1, 0.15) is 33.1 Å². The van der Waals surface area contributed by atoms with Crippen molar-refractivity contribution in [1.29, 1.82) is 0 Å². The summed E-state index contributed by atoms with van der Waals surface area (Å²) >= 11 is 0. The summed E-state index contributed by atoms with van der Waals surface area (Å²) in [6.45, 7) is 3.88. The molecule has 0 radical (unpaired) electrons. The first-order valence-corrected chi connectivity index (χ1v) is 4.03. The van der Waals surface area contributed by atoms with E-state index in [4.69, 9.17) is 0 Å². The van der Waals surface area contributed by atoms with Gasteiger partial charge in [-0.1, -0.05) is 19.8 Å². The van der Waals surface area contributed by atoms with Gasteiger partial charge in [-0.2, -0.15) is 0 Å². The summed E-state index contributed by atoms with van der Waals surface area (Å²) in [6, 6.07) is 0. The Kier molecular flexibility index (Phi) is 5.80. The van der Waals surface area contributed by atoms with Gasteiger partial charge in [-0.25, -0.2) is 9.18 Å². The van der Waals surface area contributed by atoms with E-state index in [1.807, 2.05) is 6.92 Å². The van der Waals surface area contributed by atoms with Crippen molar-refractivity contribution in [3.8, 4) is 0 Å². The Morgan fingerprint density at radius 2 is 2.18 bits per heavy atom. The lowest BCUT2D eigenvalue weighted by Gasteiger charge is -2.05. The molecule has 0 aromatic carbocycles. The SMILES string of the molecule is CCCCC(F)C(=O)OCC. The van der Waals surface area contributed by atoms with E-state index in [1.54, 1.807) is 6.92 Å². The van der Waals surface area contributed by atoms with E-state index in [2.05, 4.69) is 4.74 Å². The molecule has 0 fully saturated rings. The maximum atomic E-state index is 12.7. The van der Waals surface area contributed by atoms with Crippen LogP contribution >= 0.6 is 0 Å². The molecule has 0 aliphatic heterocycles. The Morgan fingerprint density at radius 1 is 1.55 bits per heavy atom. The minimum atomic E-state index is -1.42. The number of unbranched alkanes of at least 4 members (excludes halogenated alkanes) is 1. The molecule has 0 rings (SSSR count). The predicted molar refractivity (Wildman–Crippen MR) is 41.1 cm³/mol. The largest absolute Gasteiger partial charge is 0.464 e. The number of esters is 1. The van der Waals surface area contributed by atoms with Crippen molar-refractivity contribution in [3.63, 3.8) is 0 Å². The minimum absolute atomic E-state index is 0.255. The molecule has 0 heterocycles. The molecule has 2 nitrogen and oxygen atoms in total. The predicted octanol–water partition coefficient (Wildman–Crippen LogP) is 2.08. The van der Waals surface area contributed by atoms with Gasteiger partial charge in [0.25, 0.3) is 0 Å². The topological polar surface area (TPSA) is 26.3 Å². The first kappa shape index (κ1) is 10.4. The Labute approximate surface area is 66.7 Å². The van der Waals surface area contributed by atoms with E-state index in [9.17, 15) is 9.18 Å². The van der Waals surface area contributed by atoms with Gasteiger partial charge in [0.2, 0.25) is 0 Å². The third-order valence-corrected chi connectivity index (χ3v) is 1.35. The zero-order chi connectivity index (χ0) is 8.69. The van der Waals surface area contributed by atoms with E-state index >= 15 is 0 Å². The Morgan fingerprint density at radius 3 is 2.64 bits per heavy atom. The molecule has 0 aliphatic carbocycles. The van der Waals surface area contributed by atoms with Crippen LogP contribution in [0.15, 0.2) is 0 Å². The van der Waals surface area contributed by atoms with Gasteiger partial charge in [-0.3, -0.25) is 0 Å². The van der Waals surface area contributed by atoms with Gasteiger partial charge in [0.05, 0.1) is 6.61 Å². The van der Waals surface area contributed by atoms with Crippen LogP contribution in [0.25, 0.3) is 0 Å². The van der Waals surface area contributed by atoms with Crippen LogP contribution in [0.3, 0.4) is 0 Å². The van der Waals surface area contributed by atoms with Crippen LogP contribution < -0.4 is 0 Å². The second-order valence-electron chi connectivity index (χ2n) is 2.36. The molecule has 3 heteroatoms. The molecule has 66 valence electrons. The molecule has 11 heavy (non-hydrogen) atoms. The van der Waals surface area contributed by atoms with Crippen molar-refractivity contribution in [2.75, 3.05) is 6.61 Å². The van der Waals surface area contributed by atoms with Crippen molar-refractivity contribution in [3.05, 3.63) is 0 Å². The smallest absolute Gasteiger partial charge is 0.340 e. The van der Waals surface area contributed by atoms with Crippen molar-refractivity contribution in [2.24, 2.45) is 0 Å². The number of alkyl halides is 1. The van der Waals surface area contributed by atoms with Crippen LogP contribution in [0, 0.1) is 0 Å². The van der Waals surface area contributed by atoms with Crippen molar-refractivity contribution < 1.29 is 13.9 Å². The van der Waals surface area contributed by atoms with Gasteiger partial charge in [-0.05, 0) is 13.3 Å². The highest BCUT2D eigenvalue weighted by Crippen LogP contribution is 2.05. The second kappa shape index (κ2) is 6.13. The number of carbonyl (C=O) groups is 1. The van der Waals surface area contributed by atoms with Crippen molar-refractivity contribution in [1.82, 2.24) is 0 Å². The highest BCUT2D eigenvalue weighted by molar-refractivity contribution is 5.74. The number of hydrogen-bond donors (Lipinski definition) is 0. The van der Waals surface area contributed by atoms with Crippen LogP contribution in [-0.2, 0) is 9.53 Å². The molecule has 0 spiro atoms. The lowest BCUT2D eigenvalue weighted by Crippen LogP contribution is -2.18. The number of rotatable bonds is 5. The van der Waals surface area contributed by atoms with Gasteiger partial charge >= 0.3 is 5.97 Å². The Balaban J connectivity index is 3.46. The molecule has 0 aromatic rings. The summed E-state index contributed by atoms with van der Waals surface area (Å²) in [5, 5.41) is 0. The van der Waals surface area contributed by atoms with E-state index in [0.29, 0.717) is 0 Å². The third-order valence-electron chi connectivity index (χ3n) is 1.35. The second-order valence-corrected chi connectivity index (χ2v) is 2.36. The van der Waals surface area contributed by atoms with Gasteiger partial charge in [0.15, 0.2) is 6.17 Å². The average molecular weight is 162 g/mol. The van der Waals surface area contributed by atoms with E-state index in [1.165, 1.54) is 0 Å². The molecule has 1 atom stereocenters. The van der Waals surface area contributed by atoms with Gasteiger partial charge in [0, 0.05) is 0 Å². The van der Waals surface area contributed by atoms with E-state index in [0.717, 1.165) is 12.8 Å². The van der Waals surface area contributed by atoms with Crippen LogP contribution in [0.4, 0.5) is 4.39 Å². The molecule has 0 N–H and O–H groups in total. The molecule has 0 saturated carbocycles. The molecular formula is C8H15FO2. The maximum Gasteiger partial charge on any atom is 0.340 e.